The average molecular weight is 368 g/mol. The van der Waals surface area contributed by atoms with Crippen LogP contribution >= 0.6 is 11.3 Å². The molecule has 26 heavy (non-hydrogen) atoms. The lowest BCUT2D eigenvalue weighted by molar-refractivity contribution is 0.289. The number of nitrogens with two attached hydrogens (primary N) is 1. The molecule has 0 unspecified atom stereocenters. The molecule has 0 aliphatic carbocycles. The number of aromatic nitrogens is 1. The van der Waals surface area contributed by atoms with Gasteiger partial charge in [-0.2, -0.15) is 0 Å². The maximum Gasteiger partial charge on any atom is 0.167 e. The van der Waals surface area contributed by atoms with Crippen molar-refractivity contribution in [2.75, 3.05) is 5.73 Å². The van der Waals surface area contributed by atoms with E-state index in [4.69, 9.17) is 10.5 Å². The number of fused-ring (bicyclic) bond motifs is 1. The first kappa shape index (κ1) is 16.5. The molecule has 6 heteroatoms. The highest BCUT2D eigenvalue weighted by Crippen LogP contribution is 2.31. The third kappa shape index (κ3) is 3.23. The van der Waals surface area contributed by atoms with Crippen molar-refractivity contribution < 1.29 is 13.5 Å². The molecular weight excluding hydrogens is 354 g/mol. The minimum Gasteiger partial charge on any atom is -0.483 e. The van der Waals surface area contributed by atoms with Gasteiger partial charge in [0.05, 0.1) is 10.2 Å². The van der Waals surface area contributed by atoms with E-state index in [1.54, 1.807) is 0 Å². The number of nitrogens with zero attached hydrogens (tertiary/aromatic N) is 1. The molecule has 130 valence electrons. The van der Waals surface area contributed by atoms with Gasteiger partial charge in [0.1, 0.15) is 17.4 Å². The number of hydrogen-bond acceptors (Lipinski definition) is 4. The fourth-order valence-electron chi connectivity index (χ4n) is 2.70. The number of halogens is 2. The first-order valence-electron chi connectivity index (χ1n) is 7.92. The molecular formula is C20H14F2N2OS. The van der Waals surface area contributed by atoms with Gasteiger partial charge >= 0.3 is 0 Å². The van der Waals surface area contributed by atoms with Crippen LogP contribution in [-0.2, 0) is 6.61 Å². The average Bonchev–Trinajstić information content (AvgIpc) is 3.03. The van der Waals surface area contributed by atoms with Gasteiger partial charge in [0, 0.05) is 17.3 Å². The number of benzene rings is 3. The van der Waals surface area contributed by atoms with Crippen molar-refractivity contribution in [2.45, 2.75) is 6.61 Å². The van der Waals surface area contributed by atoms with E-state index >= 15 is 0 Å². The quantitative estimate of drug-likeness (QED) is 0.491. The molecule has 2 N–H and O–H groups in total. The standard InChI is InChI=1S/C20H14F2N2OS/c21-13-6-7-18(15(22)10-13)25-11-20-24-17-9-12(5-8-19(17)26-20)14-3-1-2-4-16(14)23/h1-10H,11,23H2. The molecule has 3 nitrogen and oxygen atoms in total. The summed E-state index contributed by atoms with van der Waals surface area (Å²) >= 11 is 1.47. The molecule has 0 atom stereocenters. The number of rotatable bonds is 4. The van der Waals surface area contributed by atoms with Gasteiger partial charge in [-0.25, -0.2) is 13.8 Å². The Morgan fingerprint density at radius 3 is 2.65 bits per heavy atom. The van der Waals surface area contributed by atoms with E-state index in [-0.39, 0.29) is 12.4 Å². The number of hydrogen-bond donors (Lipinski definition) is 1. The SMILES string of the molecule is Nc1ccccc1-c1ccc2sc(COc3ccc(F)cc3F)nc2c1. The van der Waals surface area contributed by atoms with Gasteiger partial charge in [0.25, 0.3) is 0 Å². The second kappa shape index (κ2) is 6.72. The van der Waals surface area contributed by atoms with Crippen molar-refractivity contribution in [3.63, 3.8) is 0 Å². The molecule has 3 aromatic carbocycles. The van der Waals surface area contributed by atoms with Crippen LogP contribution < -0.4 is 10.5 Å². The van der Waals surface area contributed by atoms with Gasteiger partial charge in [-0.15, -0.1) is 11.3 Å². The molecule has 0 radical (unpaired) electrons. The summed E-state index contributed by atoms with van der Waals surface area (Å²) in [6, 6.07) is 16.8. The largest absolute Gasteiger partial charge is 0.483 e. The summed E-state index contributed by atoms with van der Waals surface area (Å²) in [6.07, 6.45) is 0. The van der Waals surface area contributed by atoms with Crippen molar-refractivity contribution in [3.8, 4) is 16.9 Å². The molecule has 4 rings (SSSR count). The summed E-state index contributed by atoms with van der Waals surface area (Å²) in [4.78, 5) is 4.55. The molecule has 0 saturated heterocycles. The lowest BCUT2D eigenvalue weighted by atomic mass is 10.0. The highest BCUT2D eigenvalue weighted by atomic mass is 32.1. The smallest absolute Gasteiger partial charge is 0.167 e. The Morgan fingerprint density at radius 1 is 1.00 bits per heavy atom. The van der Waals surface area contributed by atoms with Gasteiger partial charge in [-0.05, 0) is 35.9 Å². The van der Waals surface area contributed by atoms with Crippen LogP contribution in [0.5, 0.6) is 5.75 Å². The molecule has 0 aliphatic rings. The molecule has 0 aliphatic heterocycles. The maximum atomic E-state index is 13.6. The van der Waals surface area contributed by atoms with Crippen LogP contribution in [0.3, 0.4) is 0 Å². The third-order valence-electron chi connectivity index (χ3n) is 3.95. The summed E-state index contributed by atoms with van der Waals surface area (Å²) in [7, 11) is 0. The monoisotopic (exact) mass is 368 g/mol. The van der Waals surface area contributed by atoms with Crippen molar-refractivity contribution in [1.82, 2.24) is 4.98 Å². The van der Waals surface area contributed by atoms with E-state index in [0.717, 1.165) is 33.5 Å². The number of anilines is 1. The van der Waals surface area contributed by atoms with Crippen LogP contribution in [0, 0.1) is 11.6 Å². The van der Waals surface area contributed by atoms with Crippen LogP contribution in [0.4, 0.5) is 14.5 Å². The Morgan fingerprint density at radius 2 is 1.85 bits per heavy atom. The summed E-state index contributed by atoms with van der Waals surface area (Å²) < 4.78 is 33.0. The number of thiazole rings is 1. The number of ether oxygens (including phenoxy) is 1. The van der Waals surface area contributed by atoms with Crippen molar-refractivity contribution in [3.05, 3.63) is 77.3 Å². The van der Waals surface area contributed by atoms with Gasteiger partial charge in [0.2, 0.25) is 0 Å². The summed E-state index contributed by atoms with van der Waals surface area (Å²) in [5, 5.41) is 0.710. The lowest BCUT2D eigenvalue weighted by Crippen LogP contribution is -1.97. The fourth-order valence-corrected chi connectivity index (χ4v) is 3.56. The van der Waals surface area contributed by atoms with E-state index in [1.165, 1.54) is 17.4 Å². The van der Waals surface area contributed by atoms with Crippen molar-refractivity contribution in [2.24, 2.45) is 0 Å². The minimum atomic E-state index is -0.729. The van der Waals surface area contributed by atoms with Gasteiger partial charge < -0.3 is 10.5 Å². The predicted molar refractivity (Wildman–Crippen MR) is 100 cm³/mol. The Balaban J connectivity index is 1.59. The molecule has 1 aromatic heterocycles. The van der Waals surface area contributed by atoms with Crippen LogP contribution in [0.15, 0.2) is 60.7 Å². The fraction of sp³-hybridized carbons (Fsp3) is 0.0500. The zero-order valence-electron chi connectivity index (χ0n) is 13.6. The van der Waals surface area contributed by atoms with E-state index in [1.807, 2.05) is 42.5 Å². The Bertz CT molecular complexity index is 1090. The summed E-state index contributed by atoms with van der Waals surface area (Å²) in [5.41, 5.74) is 9.51. The normalized spacial score (nSPS) is 11.0. The van der Waals surface area contributed by atoms with Crippen molar-refractivity contribution in [1.29, 1.82) is 0 Å². The van der Waals surface area contributed by atoms with E-state index < -0.39 is 11.6 Å². The number of para-hydroxylation sites is 1. The van der Waals surface area contributed by atoms with Crippen LogP contribution in [0.25, 0.3) is 21.3 Å². The second-order valence-corrected chi connectivity index (χ2v) is 6.86. The second-order valence-electron chi connectivity index (χ2n) is 5.74. The molecule has 1 heterocycles. The highest BCUT2D eigenvalue weighted by molar-refractivity contribution is 7.18. The van der Waals surface area contributed by atoms with Crippen LogP contribution in [-0.4, -0.2) is 4.98 Å². The third-order valence-corrected chi connectivity index (χ3v) is 4.96. The first-order chi connectivity index (χ1) is 12.6. The van der Waals surface area contributed by atoms with Crippen molar-refractivity contribution >= 4 is 27.2 Å². The van der Waals surface area contributed by atoms with E-state index in [2.05, 4.69) is 4.98 Å². The van der Waals surface area contributed by atoms with Crippen LogP contribution in [0.2, 0.25) is 0 Å². The van der Waals surface area contributed by atoms with Gasteiger partial charge in [-0.3, -0.25) is 0 Å². The minimum absolute atomic E-state index is 0.00315. The molecule has 0 bridgehead atoms. The number of nitrogen functional groups attached to an aromatic ring is 1. The van der Waals surface area contributed by atoms with Crippen LogP contribution in [0.1, 0.15) is 5.01 Å². The van der Waals surface area contributed by atoms with Gasteiger partial charge in [0.15, 0.2) is 11.6 Å². The maximum absolute atomic E-state index is 13.6. The predicted octanol–water partition coefficient (Wildman–Crippen LogP) is 5.40. The Kier molecular flexibility index (Phi) is 4.26. The zero-order valence-corrected chi connectivity index (χ0v) is 14.4. The van der Waals surface area contributed by atoms with E-state index in [0.29, 0.717) is 10.7 Å². The molecule has 0 saturated carbocycles. The molecule has 0 amide bonds. The Hall–Kier alpha value is -2.99. The zero-order chi connectivity index (χ0) is 18.1. The topological polar surface area (TPSA) is 48.1 Å². The summed E-state index contributed by atoms with van der Waals surface area (Å²) in [6.45, 7) is 0.116. The molecule has 0 fully saturated rings. The van der Waals surface area contributed by atoms with Gasteiger partial charge in [-0.1, -0.05) is 24.3 Å². The first-order valence-corrected chi connectivity index (χ1v) is 8.74. The highest BCUT2D eigenvalue weighted by Gasteiger charge is 2.10. The molecule has 0 spiro atoms. The van der Waals surface area contributed by atoms with E-state index in [9.17, 15) is 8.78 Å². The Labute approximate surface area is 152 Å². The summed E-state index contributed by atoms with van der Waals surface area (Å²) in [5.74, 6) is -1.36. The molecule has 4 aromatic rings. The lowest BCUT2D eigenvalue weighted by Gasteiger charge is -2.05.